The van der Waals surface area contributed by atoms with Crippen LogP contribution in [0.15, 0.2) is 4.52 Å². The van der Waals surface area contributed by atoms with Gasteiger partial charge in [-0.3, -0.25) is 0 Å². The molecule has 2 unspecified atom stereocenters. The van der Waals surface area contributed by atoms with Gasteiger partial charge in [-0.15, -0.1) is 0 Å². The highest BCUT2D eigenvalue weighted by Gasteiger charge is 2.10. The van der Waals surface area contributed by atoms with Crippen molar-refractivity contribution >= 4 is 0 Å². The van der Waals surface area contributed by atoms with Crippen LogP contribution in [0.5, 0.6) is 0 Å². The lowest BCUT2D eigenvalue weighted by molar-refractivity contribution is -0.00873. The van der Waals surface area contributed by atoms with Crippen molar-refractivity contribution in [1.29, 1.82) is 0 Å². The Morgan fingerprint density at radius 1 is 1.37 bits per heavy atom. The molecule has 0 saturated heterocycles. The van der Waals surface area contributed by atoms with Crippen molar-refractivity contribution < 1.29 is 14.4 Å². The molecule has 1 rings (SSSR count). The summed E-state index contributed by atoms with van der Waals surface area (Å²) in [4.78, 5) is 4.06. The fourth-order valence-corrected chi connectivity index (χ4v) is 1.82. The molecule has 110 valence electrons. The highest BCUT2D eigenvalue weighted by Crippen LogP contribution is 2.07. The Bertz CT molecular complexity index is 355. The monoisotopic (exact) mass is 271 g/mol. The molecule has 0 amide bonds. The van der Waals surface area contributed by atoms with E-state index in [-0.39, 0.29) is 6.10 Å². The Morgan fingerprint density at radius 3 is 2.68 bits per heavy atom. The first-order chi connectivity index (χ1) is 8.97. The highest BCUT2D eigenvalue weighted by molar-refractivity contribution is 4.82. The van der Waals surface area contributed by atoms with E-state index in [9.17, 15) is 5.11 Å². The molecular formula is C13H25N3O3. The van der Waals surface area contributed by atoms with Gasteiger partial charge in [0.05, 0.1) is 25.4 Å². The zero-order valence-corrected chi connectivity index (χ0v) is 12.2. The lowest BCUT2D eigenvalue weighted by Crippen LogP contribution is -2.31. The predicted molar refractivity (Wildman–Crippen MR) is 71.6 cm³/mol. The topological polar surface area (TPSA) is 80.4 Å². The minimum atomic E-state index is -0.529. The molecule has 0 aromatic carbocycles. The summed E-state index contributed by atoms with van der Waals surface area (Å²) in [5, 5.41) is 16.5. The number of rotatable bonds is 9. The van der Waals surface area contributed by atoms with Crippen LogP contribution < -0.4 is 5.32 Å². The molecule has 0 radical (unpaired) electrons. The lowest BCUT2D eigenvalue weighted by Gasteiger charge is -2.18. The standard InChI is InChI=1S/C13H25N3O3/c1-9(2)5-10(3)18-8-12(17)6-14-7-13-15-11(4)16-19-13/h9-10,12,14,17H,5-8H2,1-4H3. The first-order valence-corrected chi connectivity index (χ1v) is 6.77. The van der Waals surface area contributed by atoms with Crippen LogP contribution in [-0.4, -0.2) is 40.6 Å². The summed E-state index contributed by atoms with van der Waals surface area (Å²) in [6, 6.07) is 0. The summed E-state index contributed by atoms with van der Waals surface area (Å²) < 4.78 is 10.5. The number of nitrogens with one attached hydrogen (secondary N) is 1. The molecule has 0 saturated carbocycles. The van der Waals surface area contributed by atoms with Gasteiger partial charge in [-0.25, -0.2) is 0 Å². The molecule has 0 aliphatic carbocycles. The molecule has 6 heteroatoms. The van der Waals surface area contributed by atoms with Crippen molar-refractivity contribution in [3.05, 3.63) is 11.7 Å². The molecule has 1 heterocycles. The van der Waals surface area contributed by atoms with E-state index >= 15 is 0 Å². The van der Waals surface area contributed by atoms with Gasteiger partial charge in [-0.1, -0.05) is 19.0 Å². The number of aryl methyl sites for hydroxylation is 1. The third kappa shape index (κ3) is 7.25. The van der Waals surface area contributed by atoms with Crippen LogP contribution in [0.1, 0.15) is 38.9 Å². The van der Waals surface area contributed by atoms with Crippen LogP contribution in [0.4, 0.5) is 0 Å². The van der Waals surface area contributed by atoms with E-state index in [0.717, 1.165) is 6.42 Å². The molecule has 2 atom stereocenters. The first-order valence-electron chi connectivity index (χ1n) is 6.77. The molecule has 0 bridgehead atoms. The summed E-state index contributed by atoms with van der Waals surface area (Å²) in [5.41, 5.74) is 0. The highest BCUT2D eigenvalue weighted by atomic mass is 16.5. The molecule has 2 N–H and O–H groups in total. The molecule has 0 fully saturated rings. The van der Waals surface area contributed by atoms with Gasteiger partial charge in [0, 0.05) is 6.54 Å². The fraction of sp³-hybridized carbons (Fsp3) is 0.846. The van der Waals surface area contributed by atoms with Gasteiger partial charge in [-0.2, -0.15) is 4.98 Å². The summed E-state index contributed by atoms with van der Waals surface area (Å²) in [5.74, 6) is 1.74. The number of hydrogen-bond acceptors (Lipinski definition) is 6. The minimum Gasteiger partial charge on any atom is -0.389 e. The molecule has 6 nitrogen and oxygen atoms in total. The Hall–Kier alpha value is -0.980. The number of hydrogen-bond donors (Lipinski definition) is 2. The second kappa shape index (κ2) is 8.24. The van der Waals surface area contributed by atoms with E-state index in [1.165, 1.54) is 0 Å². The first kappa shape index (κ1) is 16.1. The van der Waals surface area contributed by atoms with E-state index in [1.807, 2.05) is 6.92 Å². The zero-order valence-electron chi connectivity index (χ0n) is 12.2. The van der Waals surface area contributed by atoms with Crippen LogP contribution in [-0.2, 0) is 11.3 Å². The maximum Gasteiger partial charge on any atom is 0.240 e. The number of aromatic nitrogens is 2. The SMILES string of the molecule is Cc1noc(CNCC(O)COC(C)CC(C)C)n1. The van der Waals surface area contributed by atoms with Gasteiger partial charge in [0.2, 0.25) is 5.89 Å². The number of aliphatic hydroxyl groups excluding tert-OH is 1. The maximum atomic E-state index is 9.76. The Kier molecular flexibility index (Phi) is 6.97. The maximum absolute atomic E-state index is 9.76. The van der Waals surface area contributed by atoms with E-state index in [4.69, 9.17) is 9.26 Å². The normalized spacial score (nSPS) is 14.8. The van der Waals surface area contributed by atoms with Crippen molar-refractivity contribution in [3.8, 4) is 0 Å². The van der Waals surface area contributed by atoms with Crippen LogP contribution in [0.3, 0.4) is 0 Å². The zero-order chi connectivity index (χ0) is 14.3. The Morgan fingerprint density at radius 2 is 2.11 bits per heavy atom. The van der Waals surface area contributed by atoms with Crippen molar-refractivity contribution in [2.45, 2.75) is 52.9 Å². The van der Waals surface area contributed by atoms with Crippen LogP contribution in [0.25, 0.3) is 0 Å². The Balaban J connectivity index is 2.09. The second-order valence-electron chi connectivity index (χ2n) is 5.29. The lowest BCUT2D eigenvalue weighted by atomic mass is 10.1. The summed E-state index contributed by atoms with van der Waals surface area (Å²) in [6.07, 6.45) is 0.647. The number of aliphatic hydroxyl groups is 1. The third-order valence-electron chi connectivity index (χ3n) is 2.60. The smallest absolute Gasteiger partial charge is 0.240 e. The van der Waals surface area contributed by atoms with Crippen molar-refractivity contribution in [3.63, 3.8) is 0 Å². The average Bonchev–Trinajstić information content (AvgIpc) is 2.71. The van der Waals surface area contributed by atoms with Gasteiger partial charge in [0.1, 0.15) is 0 Å². The van der Waals surface area contributed by atoms with Crippen molar-refractivity contribution in [2.75, 3.05) is 13.2 Å². The van der Waals surface area contributed by atoms with Crippen LogP contribution in [0, 0.1) is 12.8 Å². The molecule has 0 spiro atoms. The van der Waals surface area contributed by atoms with Crippen LogP contribution >= 0.6 is 0 Å². The average molecular weight is 271 g/mol. The van der Waals surface area contributed by atoms with E-state index < -0.39 is 6.10 Å². The van der Waals surface area contributed by atoms with E-state index in [0.29, 0.717) is 37.3 Å². The quantitative estimate of drug-likeness (QED) is 0.704. The van der Waals surface area contributed by atoms with E-state index in [2.05, 4.69) is 29.3 Å². The van der Waals surface area contributed by atoms with E-state index in [1.54, 1.807) is 6.92 Å². The summed E-state index contributed by atoms with van der Waals surface area (Å²) >= 11 is 0. The molecular weight excluding hydrogens is 246 g/mol. The third-order valence-corrected chi connectivity index (χ3v) is 2.60. The molecule has 0 aliphatic rings. The van der Waals surface area contributed by atoms with Gasteiger partial charge >= 0.3 is 0 Å². The Labute approximate surface area is 114 Å². The summed E-state index contributed by atoms with van der Waals surface area (Å²) in [6.45, 7) is 9.35. The summed E-state index contributed by atoms with van der Waals surface area (Å²) in [7, 11) is 0. The second-order valence-corrected chi connectivity index (χ2v) is 5.29. The van der Waals surface area contributed by atoms with Gasteiger partial charge in [0.15, 0.2) is 5.82 Å². The predicted octanol–water partition coefficient (Wildman–Crippen LogP) is 1.28. The fourth-order valence-electron chi connectivity index (χ4n) is 1.82. The number of ether oxygens (including phenoxy) is 1. The van der Waals surface area contributed by atoms with Crippen LogP contribution in [0.2, 0.25) is 0 Å². The van der Waals surface area contributed by atoms with Gasteiger partial charge < -0.3 is 19.7 Å². The molecule has 1 aromatic rings. The van der Waals surface area contributed by atoms with Crippen molar-refractivity contribution in [1.82, 2.24) is 15.5 Å². The van der Waals surface area contributed by atoms with Gasteiger partial charge in [-0.05, 0) is 26.2 Å². The largest absolute Gasteiger partial charge is 0.389 e. The van der Waals surface area contributed by atoms with Gasteiger partial charge in [0.25, 0.3) is 0 Å². The number of nitrogens with zero attached hydrogens (tertiary/aromatic N) is 2. The molecule has 1 aromatic heterocycles. The minimum absolute atomic E-state index is 0.174. The molecule has 0 aliphatic heterocycles. The molecule has 19 heavy (non-hydrogen) atoms. The van der Waals surface area contributed by atoms with Crippen molar-refractivity contribution in [2.24, 2.45) is 5.92 Å².